The van der Waals surface area contributed by atoms with Crippen molar-refractivity contribution >= 4 is 5.97 Å². The van der Waals surface area contributed by atoms with Gasteiger partial charge in [0.2, 0.25) is 0 Å². The van der Waals surface area contributed by atoms with Gasteiger partial charge in [0.05, 0.1) is 6.42 Å². The van der Waals surface area contributed by atoms with Crippen LogP contribution in [0.1, 0.15) is 13.3 Å². The van der Waals surface area contributed by atoms with Gasteiger partial charge in [-0.25, -0.2) is 0 Å². The Bertz CT molecular complexity index is 443. The van der Waals surface area contributed by atoms with E-state index in [4.69, 9.17) is 15.9 Å². The molecule has 0 heterocycles. The van der Waals surface area contributed by atoms with Crippen LogP contribution in [0, 0.1) is 12.3 Å². The minimum Gasteiger partial charge on any atom is -0.474 e. The van der Waals surface area contributed by atoms with Crippen LogP contribution in [0.4, 0.5) is 0 Å². The molecule has 0 amide bonds. The minimum absolute atomic E-state index is 0.152. The maximum Gasteiger partial charge on any atom is 0.315 e. The standard InChI is InChI=1S/C14H14O3/c1-4-8-14(15)17-13-10-7-6-9-12(13)16-11(3)5-2/h2,4,6-7,9-11H,1,8H2,3H3. The number of ether oxygens (including phenoxy) is 2. The van der Waals surface area contributed by atoms with E-state index < -0.39 is 0 Å². The van der Waals surface area contributed by atoms with Gasteiger partial charge in [0.25, 0.3) is 0 Å². The summed E-state index contributed by atoms with van der Waals surface area (Å²) >= 11 is 0. The summed E-state index contributed by atoms with van der Waals surface area (Å²) in [4.78, 5) is 11.3. The van der Waals surface area contributed by atoms with Crippen LogP contribution in [0.2, 0.25) is 0 Å². The van der Waals surface area contributed by atoms with Crippen LogP contribution in [0.5, 0.6) is 11.5 Å². The Morgan fingerprint density at radius 2 is 2.18 bits per heavy atom. The lowest BCUT2D eigenvalue weighted by molar-refractivity contribution is -0.133. The summed E-state index contributed by atoms with van der Waals surface area (Å²) < 4.78 is 10.6. The molecule has 0 saturated heterocycles. The van der Waals surface area contributed by atoms with Crippen molar-refractivity contribution in [2.45, 2.75) is 19.4 Å². The summed E-state index contributed by atoms with van der Waals surface area (Å²) in [6.45, 7) is 5.21. The Morgan fingerprint density at radius 1 is 1.53 bits per heavy atom. The molecule has 17 heavy (non-hydrogen) atoms. The molecule has 1 aromatic carbocycles. The van der Waals surface area contributed by atoms with Crippen molar-refractivity contribution in [2.24, 2.45) is 0 Å². The maximum absolute atomic E-state index is 11.3. The first-order chi connectivity index (χ1) is 8.17. The van der Waals surface area contributed by atoms with Crippen molar-refractivity contribution in [2.75, 3.05) is 0 Å². The largest absolute Gasteiger partial charge is 0.474 e. The molecule has 1 rings (SSSR count). The molecule has 0 saturated carbocycles. The first-order valence-corrected chi connectivity index (χ1v) is 5.20. The van der Waals surface area contributed by atoms with Gasteiger partial charge in [-0.15, -0.1) is 13.0 Å². The fourth-order valence-electron chi connectivity index (χ4n) is 1.14. The molecule has 1 aromatic rings. The van der Waals surface area contributed by atoms with E-state index in [-0.39, 0.29) is 18.5 Å². The molecule has 88 valence electrons. The highest BCUT2D eigenvalue weighted by Crippen LogP contribution is 2.27. The molecule has 1 atom stereocenters. The molecular weight excluding hydrogens is 216 g/mol. The normalized spacial score (nSPS) is 11.1. The lowest BCUT2D eigenvalue weighted by atomic mass is 10.3. The second-order valence-electron chi connectivity index (χ2n) is 3.34. The van der Waals surface area contributed by atoms with Crippen LogP contribution in [0.15, 0.2) is 36.9 Å². The van der Waals surface area contributed by atoms with Gasteiger partial charge in [0, 0.05) is 0 Å². The van der Waals surface area contributed by atoms with Gasteiger partial charge >= 0.3 is 5.97 Å². The molecule has 0 aliphatic rings. The number of terminal acetylenes is 1. The number of rotatable bonds is 5. The zero-order chi connectivity index (χ0) is 12.7. The maximum atomic E-state index is 11.3. The Morgan fingerprint density at radius 3 is 2.76 bits per heavy atom. The number of esters is 1. The van der Waals surface area contributed by atoms with Gasteiger partial charge in [-0.2, -0.15) is 0 Å². The molecule has 0 bridgehead atoms. The predicted molar refractivity (Wildman–Crippen MR) is 65.8 cm³/mol. The molecule has 3 nitrogen and oxygen atoms in total. The van der Waals surface area contributed by atoms with Crippen LogP contribution >= 0.6 is 0 Å². The highest BCUT2D eigenvalue weighted by molar-refractivity contribution is 5.74. The third-order valence-corrected chi connectivity index (χ3v) is 1.92. The fourth-order valence-corrected chi connectivity index (χ4v) is 1.14. The molecule has 0 fully saturated rings. The van der Waals surface area contributed by atoms with E-state index in [2.05, 4.69) is 12.5 Å². The molecular formula is C14H14O3. The Hall–Kier alpha value is -2.21. The van der Waals surface area contributed by atoms with Gasteiger partial charge in [-0.3, -0.25) is 4.79 Å². The van der Waals surface area contributed by atoms with Crippen molar-refractivity contribution in [3.05, 3.63) is 36.9 Å². The summed E-state index contributed by atoms with van der Waals surface area (Å²) in [6.07, 6.45) is 6.48. The summed E-state index contributed by atoms with van der Waals surface area (Å²) in [5.74, 6) is 2.87. The summed E-state index contributed by atoms with van der Waals surface area (Å²) in [6, 6.07) is 6.89. The summed E-state index contributed by atoms with van der Waals surface area (Å²) in [7, 11) is 0. The van der Waals surface area contributed by atoms with Gasteiger partial charge in [-0.05, 0) is 19.1 Å². The van der Waals surface area contributed by atoms with Crippen LogP contribution in [-0.2, 0) is 4.79 Å². The number of hydrogen-bond donors (Lipinski definition) is 0. The number of para-hydroxylation sites is 2. The fraction of sp³-hybridized carbons (Fsp3) is 0.214. The lowest BCUT2D eigenvalue weighted by Crippen LogP contribution is -2.11. The highest BCUT2D eigenvalue weighted by atomic mass is 16.6. The van der Waals surface area contributed by atoms with Gasteiger partial charge in [0.1, 0.15) is 0 Å². The predicted octanol–water partition coefficient (Wildman–Crippen LogP) is 2.57. The second kappa shape index (κ2) is 6.39. The van der Waals surface area contributed by atoms with Gasteiger partial charge in [0.15, 0.2) is 17.6 Å². The molecule has 0 aliphatic carbocycles. The third kappa shape index (κ3) is 4.04. The van der Waals surface area contributed by atoms with Gasteiger partial charge in [-0.1, -0.05) is 24.1 Å². The molecule has 0 aliphatic heterocycles. The van der Waals surface area contributed by atoms with Crippen molar-refractivity contribution in [3.63, 3.8) is 0 Å². The first kappa shape index (κ1) is 12.9. The molecule has 0 N–H and O–H groups in total. The zero-order valence-electron chi connectivity index (χ0n) is 9.68. The smallest absolute Gasteiger partial charge is 0.315 e. The van der Waals surface area contributed by atoms with E-state index in [1.807, 2.05) is 0 Å². The molecule has 0 aromatic heterocycles. The SMILES string of the molecule is C#CC(C)Oc1ccccc1OC(=O)CC=C. The number of hydrogen-bond acceptors (Lipinski definition) is 3. The Balaban J connectivity index is 2.81. The lowest BCUT2D eigenvalue weighted by Gasteiger charge is -2.12. The van der Waals surface area contributed by atoms with Crippen molar-refractivity contribution in [1.29, 1.82) is 0 Å². The molecule has 1 unspecified atom stereocenters. The first-order valence-electron chi connectivity index (χ1n) is 5.20. The summed E-state index contributed by atoms with van der Waals surface area (Å²) in [5, 5.41) is 0. The van der Waals surface area contributed by atoms with Crippen molar-refractivity contribution in [1.82, 2.24) is 0 Å². The Labute approximate surface area is 101 Å². The highest BCUT2D eigenvalue weighted by Gasteiger charge is 2.10. The van der Waals surface area contributed by atoms with E-state index >= 15 is 0 Å². The Kier molecular flexibility index (Phi) is 4.83. The minimum atomic E-state index is -0.385. The van der Waals surface area contributed by atoms with Crippen LogP contribution in [0.25, 0.3) is 0 Å². The number of carbonyl (C=O) groups is 1. The van der Waals surface area contributed by atoms with E-state index in [0.717, 1.165) is 0 Å². The zero-order valence-corrected chi connectivity index (χ0v) is 9.68. The van der Waals surface area contributed by atoms with Crippen molar-refractivity contribution in [3.8, 4) is 23.8 Å². The van der Waals surface area contributed by atoms with E-state index in [9.17, 15) is 4.79 Å². The summed E-state index contributed by atoms with van der Waals surface area (Å²) in [5.41, 5.74) is 0. The molecule has 0 spiro atoms. The average Bonchev–Trinajstić information content (AvgIpc) is 2.31. The van der Waals surface area contributed by atoms with Crippen molar-refractivity contribution < 1.29 is 14.3 Å². The topological polar surface area (TPSA) is 35.5 Å². The monoisotopic (exact) mass is 230 g/mol. The quantitative estimate of drug-likeness (QED) is 0.337. The average molecular weight is 230 g/mol. The third-order valence-electron chi connectivity index (χ3n) is 1.92. The number of carbonyl (C=O) groups excluding carboxylic acids is 1. The van der Waals surface area contributed by atoms with E-state index in [1.54, 1.807) is 31.2 Å². The van der Waals surface area contributed by atoms with Crippen LogP contribution < -0.4 is 9.47 Å². The molecule has 0 radical (unpaired) electrons. The van der Waals surface area contributed by atoms with E-state index in [0.29, 0.717) is 11.5 Å². The number of benzene rings is 1. The van der Waals surface area contributed by atoms with E-state index in [1.165, 1.54) is 6.08 Å². The van der Waals surface area contributed by atoms with Crippen LogP contribution in [0.3, 0.4) is 0 Å². The molecule has 3 heteroatoms. The van der Waals surface area contributed by atoms with Crippen LogP contribution in [-0.4, -0.2) is 12.1 Å². The second-order valence-corrected chi connectivity index (χ2v) is 3.34. The van der Waals surface area contributed by atoms with Gasteiger partial charge < -0.3 is 9.47 Å².